The molecule has 0 radical (unpaired) electrons. The summed E-state index contributed by atoms with van der Waals surface area (Å²) in [5, 5.41) is 2.50. The summed E-state index contributed by atoms with van der Waals surface area (Å²) in [6.07, 6.45) is 12.3. The lowest BCUT2D eigenvalue weighted by molar-refractivity contribution is -0.00518. The Morgan fingerprint density at radius 3 is 1.66 bits per heavy atom. The summed E-state index contributed by atoms with van der Waals surface area (Å²) >= 11 is 0. The second-order valence-corrected chi connectivity index (χ2v) is 22.6. The molecule has 4 fully saturated rings. The van der Waals surface area contributed by atoms with E-state index in [4.69, 9.17) is 0 Å². The number of hydrogen-bond donors (Lipinski definition) is 0. The summed E-state index contributed by atoms with van der Waals surface area (Å²) in [7, 11) is 0. The standard InChI is InChI=1S/C69H62N2/c1-68(2)62-22-12-11-21-59(62)61-41-60(52-14-5-3-6-15-52)67(42-63(61)68)71(64-23-13-17-51-16-9-10-20-58(51)64)66-40-47-25-29-53-28-24-46(26-30-54(66)31-27-47)39-65(53)70(56-18-7-4-8-19-56)57-34-32-55(33-35-57)69-43-48-36-49(44-69)38-50(37-48)45-69/h3-24,27-28,31-35,39-42,48-50H,25-26,29-30,36-38,43-45H2,1-2H3. The van der Waals surface area contributed by atoms with Crippen molar-refractivity contribution < 1.29 is 0 Å². The van der Waals surface area contributed by atoms with Crippen molar-refractivity contribution in [3.8, 4) is 22.3 Å². The Morgan fingerprint density at radius 1 is 0.394 bits per heavy atom. The largest absolute Gasteiger partial charge is 0.310 e. The lowest BCUT2D eigenvalue weighted by Crippen LogP contribution is -2.48. The zero-order chi connectivity index (χ0) is 47.3. The Morgan fingerprint density at radius 2 is 0.972 bits per heavy atom. The number of aryl methyl sites for hydroxylation is 4. The maximum Gasteiger partial charge on any atom is 0.0543 e. The molecule has 0 aliphatic heterocycles. The molecule has 8 bridgehead atoms. The molecule has 9 aromatic rings. The zero-order valence-electron chi connectivity index (χ0n) is 41.3. The Kier molecular flexibility index (Phi) is 10.1. The van der Waals surface area contributed by atoms with E-state index in [1.54, 1.807) is 5.56 Å². The van der Waals surface area contributed by atoms with Crippen molar-refractivity contribution in [2.75, 3.05) is 9.80 Å². The normalized spacial score (nSPS) is 21.1. The van der Waals surface area contributed by atoms with Gasteiger partial charge in [-0.05, 0) is 203 Å². The highest BCUT2D eigenvalue weighted by Crippen LogP contribution is 2.61. The first-order chi connectivity index (χ1) is 34.8. The molecule has 0 aromatic heterocycles. The average molecular weight is 919 g/mol. The number of para-hydroxylation sites is 1. The first kappa shape index (κ1) is 42.7. The summed E-state index contributed by atoms with van der Waals surface area (Å²) in [5.74, 6) is 2.80. The maximum absolute atomic E-state index is 2.64. The molecule has 71 heavy (non-hydrogen) atoms. The highest BCUT2D eigenvalue weighted by molar-refractivity contribution is 6.03. The monoisotopic (exact) mass is 918 g/mol. The van der Waals surface area contributed by atoms with E-state index in [2.05, 4.69) is 224 Å². The third-order valence-corrected chi connectivity index (χ3v) is 18.0. The predicted octanol–water partition coefficient (Wildman–Crippen LogP) is 18.1. The van der Waals surface area contributed by atoms with Crippen LogP contribution in [0.4, 0.5) is 34.1 Å². The van der Waals surface area contributed by atoms with Crippen molar-refractivity contribution in [2.24, 2.45) is 17.8 Å². The molecule has 0 N–H and O–H groups in total. The van der Waals surface area contributed by atoms with Gasteiger partial charge in [-0.15, -0.1) is 0 Å². The van der Waals surface area contributed by atoms with Crippen LogP contribution in [0.15, 0.2) is 200 Å². The van der Waals surface area contributed by atoms with Crippen LogP contribution >= 0.6 is 0 Å². The van der Waals surface area contributed by atoms with Crippen molar-refractivity contribution in [2.45, 2.75) is 88.9 Å². The zero-order valence-corrected chi connectivity index (χ0v) is 41.3. The van der Waals surface area contributed by atoms with Gasteiger partial charge in [0, 0.05) is 39.1 Å². The van der Waals surface area contributed by atoms with Crippen LogP contribution in [-0.2, 0) is 36.5 Å². The van der Waals surface area contributed by atoms with Crippen LogP contribution in [0, 0.1) is 17.8 Å². The minimum absolute atomic E-state index is 0.157. The minimum atomic E-state index is -0.157. The van der Waals surface area contributed by atoms with Crippen molar-refractivity contribution >= 4 is 44.9 Å². The van der Waals surface area contributed by atoms with Crippen LogP contribution in [0.3, 0.4) is 0 Å². The van der Waals surface area contributed by atoms with Gasteiger partial charge >= 0.3 is 0 Å². The highest BCUT2D eigenvalue weighted by Gasteiger charge is 2.51. The van der Waals surface area contributed by atoms with E-state index in [0.29, 0.717) is 5.41 Å². The van der Waals surface area contributed by atoms with Gasteiger partial charge in [0.05, 0.1) is 11.4 Å². The van der Waals surface area contributed by atoms with Crippen molar-refractivity contribution in [3.05, 3.63) is 239 Å². The van der Waals surface area contributed by atoms with E-state index in [1.807, 2.05) is 0 Å². The molecular formula is C69H62N2. The van der Waals surface area contributed by atoms with Crippen molar-refractivity contribution in [1.82, 2.24) is 0 Å². The smallest absolute Gasteiger partial charge is 0.0543 e. The molecular weight excluding hydrogens is 857 g/mol. The lowest BCUT2D eigenvalue weighted by atomic mass is 9.48. The molecule has 4 saturated carbocycles. The van der Waals surface area contributed by atoms with Crippen LogP contribution in [-0.4, -0.2) is 0 Å². The summed E-state index contributed by atoms with van der Waals surface area (Å²) < 4.78 is 0. The van der Waals surface area contributed by atoms with Gasteiger partial charge in [-0.3, -0.25) is 0 Å². The van der Waals surface area contributed by atoms with Crippen LogP contribution in [0.5, 0.6) is 0 Å². The molecule has 0 unspecified atom stereocenters. The third-order valence-electron chi connectivity index (χ3n) is 18.0. The molecule has 0 amide bonds. The van der Waals surface area contributed by atoms with Crippen LogP contribution in [0.1, 0.15) is 91.3 Å². The molecule has 0 saturated heterocycles. The summed E-state index contributed by atoms with van der Waals surface area (Å²) in [6, 6.07) is 76.9. The van der Waals surface area contributed by atoms with Gasteiger partial charge in [-0.2, -0.15) is 0 Å². The minimum Gasteiger partial charge on any atom is -0.310 e. The summed E-state index contributed by atoms with van der Waals surface area (Å²) in [5.41, 5.74) is 22.7. The Labute approximate surface area is 420 Å². The molecule has 0 heterocycles. The molecule has 2 nitrogen and oxygen atoms in total. The average Bonchev–Trinajstić information content (AvgIpc) is 3.62. The molecule has 9 aromatic carbocycles. The van der Waals surface area contributed by atoms with Crippen LogP contribution in [0.2, 0.25) is 0 Å². The van der Waals surface area contributed by atoms with E-state index in [-0.39, 0.29) is 5.41 Å². The molecule has 0 atom stereocenters. The Balaban J connectivity index is 0.893. The van der Waals surface area contributed by atoms with E-state index in [0.717, 1.165) is 43.4 Å². The number of hydrogen-bond acceptors (Lipinski definition) is 2. The quantitative estimate of drug-likeness (QED) is 0.150. The first-order valence-electron chi connectivity index (χ1n) is 26.7. The number of rotatable bonds is 8. The van der Waals surface area contributed by atoms with E-state index in [1.165, 1.54) is 139 Å². The van der Waals surface area contributed by atoms with Gasteiger partial charge in [0.15, 0.2) is 0 Å². The number of fused-ring (bicyclic) bond motifs is 4. The van der Waals surface area contributed by atoms with Gasteiger partial charge < -0.3 is 9.80 Å². The van der Waals surface area contributed by atoms with Crippen LogP contribution < -0.4 is 9.80 Å². The van der Waals surface area contributed by atoms with E-state index in [9.17, 15) is 0 Å². The number of anilines is 6. The van der Waals surface area contributed by atoms with Crippen molar-refractivity contribution in [3.63, 3.8) is 0 Å². The molecule has 2 heteroatoms. The number of benzene rings is 9. The van der Waals surface area contributed by atoms with Gasteiger partial charge in [0.25, 0.3) is 0 Å². The first-order valence-corrected chi connectivity index (χ1v) is 26.7. The molecule has 9 aliphatic carbocycles. The topological polar surface area (TPSA) is 6.48 Å². The fourth-order valence-electron chi connectivity index (χ4n) is 14.9. The van der Waals surface area contributed by atoms with E-state index >= 15 is 0 Å². The second-order valence-electron chi connectivity index (χ2n) is 22.6. The van der Waals surface area contributed by atoms with Gasteiger partial charge in [0.1, 0.15) is 0 Å². The molecule has 348 valence electrons. The van der Waals surface area contributed by atoms with Crippen LogP contribution in [0.25, 0.3) is 33.0 Å². The summed E-state index contributed by atoms with van der Waals surface area (Å²) in [4.78, 5) is 5.20. The molecule has 0 spiro atoms. The van der Waals surface area contributed by atoms with Crippen molar-refractivity contribution in [1.29, 1.82) is 0 Å². The maximum atomic E-state index is 2.64. The van der Waals surface area contributed by atoms with Gasteiger partial charge in [-0.25, -0.2) is 0 Å². The third kappa shape index (κ3) is 7.19. The fourth-order valence-corrected chi connectivity index (χ4v) is 14.9. The highest BCUT2D eigenvalue weighted by atomic mass is 15.2. The Hall–Kier alpha value is -7.16. The second kappa shape index (κ2) is 16.7. The fraction of sp³-hybridized carbons (Fsp3) is 0.246. The van der Waals surface area contributed by atoms with E-state index < -0.39 is 0 Å². The number of nitrogens with zero attached hydrogens (tertiary/aromatic N) is 2. The molecule has 9 aliphatic rings. The Bertz CT molecular complexity index is 3450. The van der Waals surface area contributed by atoms with Gasteiger partial charge in [0.2, 0.25) is 0 Å². The molecule has 18 rings (SSSR count). The summed E-state index contributed by atoms with van der Waals surface area (Å²) in [6.45, 7) is 4.82. The van der Waals surface area contributed by atoms with Gasteiger partial charge in [-0.1, -0.05) is 159 Å². The predicted molar refractivity (Wildman–Crippen MR) is 297 cm³/mol. The SMILES string of the molecule is CC1(C)c2ccccc2-c2cc(-c3ccccc3)c(N(c3cc4ccc3CCc3ccc(c(N(c5ccccc5)c5ccc(C67CC8CC(CC(C8)C6)C7)cc5)c3)CC4)c3cccc4ccccc34)cc21. The lowest BCUT2D eigenvalue weighted by Gasteiger charge is -2.57.